The maximum Gasteiger partial charge on any atom is 0.223 e. The van der Waals surface area contributed by atoms with E-state index in [1.807, 2.05) is 6.07 Å². The van der Waals surface area contributed by atoms with Crippen LogP contribution in [0.3, 0.4) is 0 Å². The Hall–Kier alpha value is -3.78. The zero-order valence-electron chi connectivity index (χ0n) is 15.9. The summed E-state index contributed by atoms with van der Waals surface area (Å²) in [4.78, 5) is 5.12. The summed E-state index contributed by atoms with van der Waals surface area (Å²) in [7, 11) is 0. The summed E-state index contributed by atoms with van der Waals surface area (Å²) >= 11 is 0. The van der Waals surface area contributed by atoms with Crippen molar-refractivity contribution in [2.24, 2.45) is 0 Å². The summed E-state index contributed by atoms with van der Waals surface area (Å²) in [5.74, 6) is 0. The minimum absolute atomic E-state index is 0.848. The molecule has 0 radical (unpaired) electrons. The van der Waals surface area contributed by atoms with Crippen LogP contribution in [0.4, 0.5) is 0 Å². The quantitative estimate of drug-likeness (QED) is 0.355. The first kappa shape index (κ1) is 16.2. The first-order valence-electron chi connectivity index (χ1n) is 9.95. The van der Waals surface area contributed by atoms with Crippen LogP contribution in [-0.2, 0) is 6.54 Å². The van der Waals surface area contributed by atoms with Crippen molar-refractivity contribution in [2.45, 2.75) is 6.54 Å². The zero-order valence-corrected chi connectivity index (χ0v) is 15.9. The molecule has 1 aliphatic rings. The van der Waals surface area contributed by atoms with Crippen molar-refractivity contribution in [3.8, 4) is 33.8 Å². The maximum absolute atomic E-state index is 5.12. The van der Waals surface area contributed by atoms with Gasteiger partial charge in [-0.25, -0.2) is 4.98 Å². The third-order valence-electron chi connectivity index (χ3n) is 5.71. The summed E-state index contributed by atoms with van der Waals surface area (Å²) in [6, 6.07) is 34.1. The predicted octanol–water partition coefficient (Wildman–Crippen LogP) is 5.89. The Labute approximate surface area is 169 Å². The van der Waals surface area contributed by atoms with Crippen molar-refractivity contribution in [3.63, 3.8) is 0 Å². The molecule has 136 valence electrons. The highest BCUT2D eigenvalue weighted by Gasteiger charge is 2.31. The minimum Gasteiger partial charge on any atom is -0.247 e. The van der Waals surface area contributed by atoms with Crippen LogP contribution in [0.1, 0.15) is 5.56 Å². The van der Waals surface area contributed by atoms with Crippen molar-refractivity contribution in [1.29, 1.82) is 0 Å². The van der Waals surface area contributed by atoms with Gasteiger partial charge < -0.3 is 0 Å². The number of rotatable bonds is 3. The molecule has 2 heteroatoms. The molecule has 0 bridgehead atoms. The molecule has 5 aromatic rings. The fourth-order valence-corrected chi connectivity index (χ4v) is 4.38. The molecule has 0 atom stereocenters. The lowest BCUT2D eigenvalue weighted by atomic mass is 10.1. The third kappa shape index (κ3) is 2.57. The van der Waals surface area contributed by atoms with E-state index in [4.69, 9.17) is 4.98 Å². The Balaban J connectivity index is 1.62. The molecular formula is C27H19N2+. The summed E-state index contributed by atoms with van der Waals surface area (Å²) in [6.45, 7) is 0.848. The smallest absolute Gasteiger partial charge is 0.223 e. The molecule has 0 N–H and O–H groups in total. The monoisotopic (exact) mass is 371 g/mol. The van der Waals surface area contributed by atoms with E-state index in [1.54, 1.807) is 0 Å². The topological polar surface area (TPSA) is 16.8 Å². The van der Waals surface area contributed by atoms with Crippen molar-refractivity contribution in [3.05, 3.63) is 109 Å². The van der Waals surface area contributed by atoms with Gasteiger partial charge >= 0.3 is 0 Å². The highest BCUT2D eigenvalue weighted by molar-refractivity contribution is 6.12. The van der Waals surface area contributed by atoms with Crippen molar-refractivity contribution >= 4 is 10.8 Å². The molecule has 1 aliphatic carbocycles. The summed E-state index contributed by atoms with van der Waals surface area (Å²) in [5.41, 5.74) is 8.32. The Kier molecular flexibility index (Phi) is 3.57. The number of aromatic nitrogens is 2. The molecule has 0 unspecified atom stereocenters. The van der Waals surface area contributed by atoms with E-state index < -0.39 is 0 Å². The molecule has 0 saturated heterocycles. The lowest BCUT2D eigenvalue weighted by Gasteiger charge is -2.07. The maximum atomic E-state index is 5.12. The van der Waals surface area contributed by atoms with E-state index in [0.717, 1.165) is 23.5 Å². The SMILES string of the molecule is c1ccc(C[n+]2ccc3cc(-c4ccccc4)nc4c3c2-c2ccccc2-4)cc1. The van der Waals surface area contributed by atoms with Gasteiger partial charge in [-0.05, 0) is 17.5 Å². The Morgan fingerprint density at radius 2 is 1.38 bits per heavy atom. The summed E-state index contributed by atoms with van der Waals surface area (Å²) in [5, 5.41) is 2.49. The summed E-state index contributed by atoms with van der Waals surface area (Å²) in [6.07, 6.45) is 2.21. The predicted molar refractivity (Wildman–Crippen MR) is 117 cm³/mol. The molecule has 0 aliphatic heterocycles. The van der Waals surface area contributed by atoms with Gasteiger partial charge in [0, 0.05) is 22.8 Å². The second-order valence-corrected chi connectivity index (χ2v) is 7.51. The highest BCUT2D eigenvalue weighted by atomic mass is 15.0. The number of hydrogen-bond acceptors (Lipinski definition) is 1. The Morgan fingerprint density at radius 1 is 0.690 bits per heavy atom. The van der Waals surface area contributed by atoms with Crippen molar-refractivity contribution in [1.82, 2.24) is 4.98 Å². The lowest BCUT2D eigenvalue weighted by molar-refractivity contribution is -0.676. The van der Waals surface area contributed by atoms with Crippen LogP contribution in [0.2, 0.25) is 0 Å². The van der Waals surface area contributed by atoms with Crippen molar-refractivity contribution < 1.29 is 4.57 Å². The van der Waals surface area contributed by atoms with Gasteiger partial charge in [0.25, 0.3) is 0 Å². The minimum atomic E-state index is 0.848. The number of hydrogen-bond donors (Lipinski definition) is 0. The molecule has 2 aromatic heterocycles. The third-order valence-corrected chi connectivity index (χ3v) is 5.71. The molecule has 0 amide bonds. The van der Waals surface area contributed by atoms with E-state index in [-0.39, 0.29) is 0 Å². The fourth-order valence-electron chi connectivity index (χ4n) is 4.38. The molecule has 0 saturated carbocycles. The van der Waals surface area contributed by atoms with Gasteiger partial charge in [0.15, 0.2) is 12.7 Å². The molecule has 0 spiro atoms. The normalized spacial score (nSPS) is 11.6. The van der Waals surface area contributed by atoms with Gasteiger partial charge in [-0.2, -0.15) is 4.57 Å². The molecule has 0 fully saturated rings. The van der Waals surface area contributed by atoms with E-state index in [1.165, 1.54) is 33.2 Å². The molecule has 3 aromatic carbocycles. The lowest BCUT2D eigenvalue weighted by Crippen LogP contribution is -2.36. The Bertz CT molecular complexity index is 1360. The average molecular weight is 371 g/mol. The van der Waals surface area contributed by atoms with E-state index in [2.05, 4.69) is 102 Å². The van der Waals surface area contributed by atoms with Crippen LogP contribution < -0.4 is 4.57 Å². The Morgan fingerprint density at radius 3 is 2.17 bits per heavy atom. The van der Waals surface area contributed by atoms with E-state index >= 15 is 0 Å². The van der Waals surface area contributed by atoms with Crippen molar-refractivity contribution in [2.75, 3.05) is 0 Å². The van der Waals surface area contributed by atoms with Gasteiger partial charge in [-0.15, -0.1) is 0 Å². The molecule has 2 nitrogen and oxygen atoms in total. The van der Waals surface area contributed by atoms with Gasteiger partial charge in [0.2, 0.25) is 5.69 Å². The molecule has 29 heavy (non-hydrogen) atoms. The number of nitrogens with zero attached hydrogens (tertiary/aromatic N) is 2. The van der Waals surface area contributed by atoms with Crippen LogP contribution in [0, 0.1) is 0 Å². The van der Waals surface area contributed by atoms with Crippen LogP contribution in [0.5, 0.6) is 0 Å². The van der Waals surface area contributed by atoms with Gasteiger partial charge in [-0.1, -0.05) is 78.9 Å². The second kappa shape index (κ2) is 6.39. The van der Waals surface area contributed by atoms with Crippen LogP contribution >= 0.6 is 0 Å². The van der Waals surface area contributed by atoms with Crippen LogP contribution in [-0.4, -0.2) is 4.98 Å². The molecule has 6 rings (SSSR count). The number of benzene rings is 3. The zero-order chi connectivity index (χ0) is 19.2. The fraction of sp³-hybridized carbons (Fsp3) is 0.0370. The number of fused-ring (bicyclic) bond motifs is 3. The van der Waals surface area contributed by atoms with Crippen LogP contribution in [0.25, 0.3) is 44.5 Å². The van der Waals surface area contributed by atoms with E-state index in [0.29, 0.717) is 0 Å². The van der Waals surface area contributed by atoms with E-state index in [9.17, 15) is 0 Å². The van der Waals surface area contributed by atoms with Crippen LogP contribution in [0.15, 0.2) is 103 Å². The van der Waals surface area contributed by atoms with Gasteiger partial charge in [-0.3, -0.25) is 0 Å². The largest absolute Gasteiger partial charge is 0.247 e. The van der Waals surface area contributed by atoms with Gasteiger partial charge in [0.1, 0.15) is 0 Å². The highest BCUT2D eigenvalue weighted by Crippen LogP contribution is 2.45. The van der Waals surface area contributed by atoms with Gasteiger partial charge in [0.05, 0.1) is 22.3 Å². The average Bonchev–Trinajstić information content (AvgIpc) is 3.13. The first-order valence-corrected chi connectivity index (χ1v) is 9.95. The molecular weight excluding hydrogens is 352 g/mol. The second-order valence-electron chi connectivity index (χ2n) is 7.51. The summed E-state index contributed by atoms with van der Waals surface area (Å²) < 4.78 is 2.36. The number of pyridine rings is 2. The standard InChI is InChI=1S/C27H19N2/c1-3-9-19(10-4-1)18-29-16-15-21-17-24(20-11-5-2-6-12-20)28-26-22-13-7-8-14-23(22)27(29)25(21)26/h1-17H,18H2/q+1. The first-order chi connectivity index (χ1) is 14.4. The molecule has 2 heterocycles.